The Morgan fingerprint density at radius 3 is 2.15 bits per heavy atom. The van der Waals surface area contributed by atoms with E-state index in [1.807, 2.05) is 0 Å². The van der Waals surface area contributed by atoms with E-state index in [9.17, 15) is 8.42 Å². The second kappa shape index (κ2) is 5.92. The van der Waals surface area contributed by atoms with E-state index in [4.69, 9.17) is 4.74 Å². The molecule has 20 heavy (non-hydrogen) atoms. The zero-order valence-electron chi connectivity index (χ0n) is 11.4. The zero-order valence-corrected chi connectivity index (χ0v) is 13.0. The van der Waals surface area contributed by atoms with Gasteiger partial charge < -0.3 is 10.1 Å². The second-order valence-electron chi connectivity index (χ2n) is 5.45. The molecule has 0 spiro atoms. The van der Waals surface area contributed by atoms with E-state index < -0.39 is 9.84 Å². The molecule has 0 amide bonds. The summed E-state index contributed by atoms with van der Waals surface area (Å²) in [6, 6.07) is 7.50. The molecule has 1 aromatic carbocycles. The van der Waals surface area contributed by atoms with Crippen molar-refractivity contribution >= 4 is 22.2 Å². The Bertz CT molecular complexity index is 546. The lowest BCUT2D eigenvalue weighted by Gasteiger charge is -2.28. The quantitative estimate of drug-likeness (QED) is 0.928. The van der Waals surface area contributed by atoms with Gasteiger partial charge in [0.1, 0.15) is 5.75 Å². The van der Waals surface area contributed by atoms with Crippen molar-refractivity contribution in [3.63, 3.8) is 0 Å². The minimum atomic E-state index is -3.21. The van der Waals surface area contributed by atoms with Crippen molar-refractivity contribution in [2.75, 3.05) is 7.11 Å². The lowest BCUT2D eigenvalue weighted by molar-refractivity contribution is 0.400. The van der Waals surface area contributed by atoms with Gasteiger partial charge in [0, 0.05) is 12.1 Å². The number of sulfone groups is 1. The van der Waals surface area contributed by atoms with E-state index in [1.165, 1.54) is 0 Å². The average molecular weight is 318 g/mol. The Morgan fingerprint density at radius 2 is 1.65 bits per heavy atom. The summed E-state index contributed by atoms with van der Waals surface area (Å²) in [4.78, 5) is 0.416. The van der Waals surface area contributed by atoms with Crippen LogP contribution in [0.5, 0.6) is 5.75 Å². The molecule has 2 aliphatic heterocycles. The SMILES string of the molecule is COc1ccc(S(=O)(=O)C2C[C@H]3CC[C@@H](C2)N3)cc1.Cl. The number of piperidine rings is 1. The summed E-state index contributed by atoms with van der Waals surface area (Å²) in [7, 11) is -1.63. The summed E-state index contributed by atoms with van der Waals surface area (Å²) < 4.78 is 30.3. The first-order valence-electron chi connectivity index (χ1n) is 6.73. The summed E-state index contributed by atoms with van der Waals surface area (Å²) in [6.45, 7) is 0. The number of ether oxygens (including phenoxy) is 1. The minimum absolute atomic E-state index is 0. The first-order chi connectivity index (χ1) is 9.09. The molecule has 2 aliphatic rings. The first kappa shape index (κ1) is 15.6. The van der Waals surface area contributed by atoms with Crippen molar-refractivity contribution in [2.45, 2.75) is 47.9 Å². The number of hydrogen-bond donors (Lipinski definition) is 1. The van der Waals surface area contributed by atoms with Gasteiger partial charge in [-0.3, -0.25) is 0 Å². The van der Waals surface area contributed by atoms with Crippen LogP contribution < -0.4 is 10.1 Å². The number of halogens is 1. The van der Waals surface area contributed by atoms with Crippen molar-refractivity contribution in [3.05, 3.63) is 24.3 Å². The third-order valence-electron chi connectivity index (χ3n) is 4.26. The molecule has 2 bridgehead atoms. The summed E-state index contributed by atoms with van der Waals surface area (Å²) >= 11 is 0. The fourth-order valence-corrected chi connectivity index (χ4v) is 5.09. The molecule has 1 aromatic rings. The third-order valence-corrected chi connectivity index (χ3v) is 6.45. The molecular weight excluding hydrogens is 298 g/mol. The highest BCUT2D eigenvalue weighted by molar-refractivity contribution is 7.92. The number of fused-ring (bicyclic) bond motifs is 2. The van der Waals surface area contributed by atoms with Gasteiger partial charge in [-0.15, -0.1) is 12.4 Å². The van der Waals surface area contributed by atoms with Gasteiger partial charge in [-0.2, -0.15) is 0 Å². The second-order valence-corrected chi connectivity index (χ2v) is 7.68. The summed E-state index contributed by atoms with van der Waals surface area (Å²) in [6.07, 6.45) is 3.70. The molecule has 2 fully saturated rings. The average Bonchev–Trinajstić information content (AvgIpc) is 2.77. The van der Waals surface area contributed by atoms with Crippen LogP contribution in [0.3, 0.4) is 0 Å². The van der Waals surface area contributed by atoms with Crippen molar-refractivity contribution in [2.24, 2.45) is 0 Å². The van der Waals surface area contributed by atoms with Gasteiger partial charge in [-0.1, -0.05) is 0 Å². The Balaban J connectivity index is 0.00000147. The monoisotopic (exact) mass is 317 g/mol. The molecule has 0 saturated carbocycles. The summed E-state index contributed by atoms with van der Waals surface area (Å²) in [5.41, 5.74) is 0. The zero-order chi connectivity index (χ0) is 13.5. The standard InChI is InChI=1S/C14H19NO3S.ClH/c1-18-12-4-6-13(7-5-12)19(16,17)14-8-10-2-3-11(9-14)15-10;/h4-7,10-11,14-15H,2-3,8-9H2,1H3;1H/t10-,11+,14?;. The number of benzene rings is 1. The van der Waals surface area contributed by atoms with Crippen LogP contribution in [0.25, 0.3) is 0 Å². The van der Waals surface area contributed by atoms with E-state index >= 15 is 0 Å². The van der Waals surface area contributed by atoms with Crippen molar-refractivity contribution in [1.82, 2.24) is 5.32 Å². The van der Waals surface area contributed by atoms with E-state index in [-0.39, 0.29) is 17.7 Å². The largest absolute Gasteiger partial charge is 0.497 e. The van der Waals surface area contributed by atoms with Gasteiger partial charge in [0.05, 0.1) is 17.3 Å². The molecule has 1 N–H and O–H groups in total. The third kappa shape index (κ3) is 2.80. The molecule has 4 nitrogen and oxygen atoms in total. The number of methoxy groups -OCH3 is 1. The Morgan fingerprint density at radius 1 is 1.10 bits per heavy atom. The molecule has 3 rings (SSSR count). The number of rotatable bonds is 3. The molecule has 1 unspecified atom stereocenters. The molecule has 3 atom stereocenters. The van der Waals surface area contributed by atoms with Crippen LogP contribution in [-0.4, -0.2) is 32.9 Å². The van der Waals surface area contributed by atoms with Crippen LogP contribution >= 0.6 is 12.4 Å². The van der Waals surface area contributed by atoms with Gasteiger partial charge in [-0.25, -0.2) is 8.42 Å². The lowest BCUT2D eigenvalue weighted by Crippen LogP contribution is -2.43. The van der Waals surface area contributed by atoms with Gasteiger partial charge in [-0.05, 0) is 49.9 Å². The fraction of sp³-hybridized carbons (Fsp3) is 0.571. The minimum Gasteiger partial charge on any atom is -0.497 e. The van der Waals surface area contributed by atoms with Gasteiger partial charge in [0.2, 0.25) is 0 Å². The van der Waals surface area contributed by atoms with Crippen LogP contribution in [0.1, 0.15) is 25.7 Å². The van der Waals surface area contributed by atoms with Crippen LogP contribution in [0, 0.1) is 0 Å². The van der Waals surface area contributed by atoms with Crippen LogP contribution in [0.15, 0.2) is 29.2 Å². The highest BCUT2D eigenvalue weighted by atomic mass is 35.5. The summed E-state index contributed by atoms with van der Waals surface area (Å²) in [5, 5.41) is 3.24. The Labute approximate surface area is 126 Å². The molecule has 0 aromatic heterocycles. The highest BCUT2D eigenvalue weighted by Gasteiger charge is 2.40. The van der Waals surface area contributed by atoms with Crippen LogP contribution in [0.2, 0.25) is 0 Å². The number of hydrogen-bond acceptors (Lipinski definition) is 4. The molecule has 0 aliphatic carbocycles. The van der Waals surface area contributed by atoms with Crippen LogP contribution in [-0.2, 0) is 9.84 Å². The smallest absolute Gasteiger partial charge is 0.181 e. The van der Waals surface area contributed by atoms with E-state index in [0.29, 0.717) is 22.7 Å². The number of nitrogens with one attached hydrogen (secondary N) is 1. The molecular formula is C14H20ClNO3S. The summed E-state index contributed by atoms with van der Waals surface area (Å²) in [5.74, 6) is 0.685. The van der Waals surface area contributed by atoms with Crippen molar-refractivity contribution in [3.8, 4) is 5.75 Å². The molecule has 2 saturated heterocycles. The van der Waals surface area contributed by atoms with E-state index in [2.05, 4.69) is 5.32 Å². The lowest BCUT2D eigenvalue weighted by atomic mass is 10.1. The first-order valence-corrected chi connectivity index (χ1v) is 8.28. The maximum Gasteiger partial charge on any atom is 0.181 e. The van der Waals surface area contributed by atoms with Crippen molar-refractivity contribution in [1.29, 1.82) is 0 Å². The Kier molecular flexibility index (Phi) is 4.62. The molecule has 2 heterocycles. The molecule has 112 valence electrons. The van der Waals surface area contributed by atoms with Gasteiger partial charge in [0.15, 0.2) is 9.84 Å². The highest BCUT2D eigenvalue weighted by Crippen LogP contribution is 2.33. The molecule has 6 heteroatoms. The maximum absolute atomic E-state index is 12.6. The van der Waals surface area contributed by atoms with Gasteiger partial charge >= 0.3 is 0 Å². The fourth-order valence-electron chi connectivity index (χ4n) is 3.22. The molecule has 0 radical (unpaired) electrons. The normalized spacial score (nSPS) is 28.8. The predicted octanol–water partition coefficient (Wildman–Crippen LogP) is 2.17. The van der Waals surface area contributed by atoms with Crippen LogP contribution in [0.4, 0.5) is 0 Å². The van der Waals surface area contributed by atoms with Gasteiger partial charge in [0.25, 0.3) is 0 Å². The van der Waals surface area contributed by atoms with Crippen molar-refractivity contribution < 1.29 is 13.2 Å². The maximum atomic E-state index is 12.6. The van der Waals surface area contributed by atoms with E-state index in [0.717, 1.165) is 25.7 Å². The Hall–Kier alpha value is -0.780. The van der Waals surface area contributed by atoms with E-state index in [1.54, 1.807) is 31.4 Å². The topological polar surface area (TPSA) is 55.4 Å². The predicted molar refractivity (Wildman–Crippen MR) is 80.4 cm³/mol.